The molecule has 0 saturated carbocycles. The fourth-order valence-corrected chi connectivity index (χ4v) is 2.93. The summed E-state index contributed by atoms with van der Waals surface area (Å²) in [5, 5.41) is 13.3. The molecule has 0 aromatic carbocycles. The van der Waals surface area contributed by atoms with Crippen LogP contribution in [-0.2, 0) is 4.79 Å². The molecule has 1 amide bonds. The molecular weight excluding hydrogens is 282 g/mol. The van der Waals surface area contributed by atoms with E-state index in [-0.39, 0.29) is 17.5 Å². The number of piperidine rings is 1. The lowest BCUT2D eigenvalue weighted by atomic mass is 10.0. The fourth-order valence-electron chi connectivity index (χ4n) is 2.93. The molecule has 6 heteroatoms. The highest BCUT2D eigenvalue weighted by molar-refractivity contribution is 5.88. The van der Waals surface area contributed by atoms with Gasteiger partial charge in [-0.1, -0.05) is 13.8 Å². The van der Waals surface area contributed by atoms with Crippen molar-refractivity contribution >= 4 is 11.9 Å². The van der Waals surface area contributed by atoms with Crippen LogP contribution in [0.4, 0.5) is 0 Å². The maximum atomic E-state index is 12.1. The van der Waals surface area contributed by atoms with E-state index in [1.54, 1.807) is 11.6 Å². The van der Waals surface area contributed by atoms with Gasteiger partial charge in [0.1, 0.15) is 5.56 Å². The molecule has 1 saturated heterocycles. The number of carbonyl (C=O) groups excluding carboxylic acids is 1. The summed E-state index contributed by atoms with van der Waals surface area (Å²) in [7, 11) is 0. The first kappa shape index (κ1) is 16.5. The van der Waals surface area contributed by atoms with Crippen LogP contribution in [0.15, 0.2) is 6.20 Å². The number of rotatable bonds is 5. The van der Waals surface area contributed by atoms with Gasteiger partial charge in [0.15, 0.2) is 0 Å². The number of aromatic carboxylic acids is 1. The number of hydrogen-bond acceptors (Lipinski definition) is 3. The molecule has 0 spiro atoms. The molecule has 1 N–H and O–H groups in total. The second kappa shape index (κ2) is 6.94. The third kappa shape index (κ3) is 3.67. The topological polar surface area (TPSA) is 75.4 Å². The second-order valence-corrected chi connectivity index (χ2v) is 6.44. The van der Waals surface area contributed by atoms with Crippen molar-refractivity contribution in [2.24, 2.45) is 5.92 Å². The Morgan fingerprint density at radius 2 is 2.00 bits per heavy atom. The maximum absolute atomic E-state index is 12.1. The van der Waals surface area contributed by atoms with Gasteiger partial charge in [-0.15, -0.1) is 0 Å². The minimum Gasteiger partial charge on any atom is -0.478 e. The van der Waals surface area contributed by atoms with Gasteiger partial charge in [-0.05, 0) is 32.1 Å². The number of hydrogen-bond donors (Lipinski definition) is 1. The predicted octanol–water partition coefficient (Wildman–Crippen LogP) is 2.49. The summed E-state index contributed by atoms with van der Waals surface area (Å²) in [6, 6.07) is 0.183. The molecule has 1 aromatic rings. The van der Waals surface area contributed by atoms with Crippen LogP contribution < -0.4 is 0 Å². The average molecular weight is 307 g/mol. The minimum absolute atomic E-state index is 0.183. The smallest absolute Gasteiger partial charge is 0.339 e. The number of carbonyl (C=O) groups is 2. The Morgan fingerprint density at radius 1 is 1.36 bits per heavy atom. The fraction of sp³-hybridized carbons (Fsp3) is 0.688. The monoisotopic (exact) mass is 307 g/mol. The van der Waals surface area contributed by atoms with Gasteiger partial charge in [-0.25, -0.2) is 4.79 Å². The average Bonchev–Trinajstić information content (AvgIpc) is 2.86. The summed E-state index contributed by atoms with van der Waals surface area (Å²) < 4.78 is 1.80. The minimum atomic E-state index is -0.940. The molecule has 0 atom stereocenters. The lowest BCUT2D eigenvalue weighted by molar-refractivity contribution is -0.132. The van der Waals surface area contributed by atoms with Crippen LogP contribution in [-0.4, -0.2) is 44.8 Å². The Balaban J connectivity index is 1.92. The van der Waals surface area contributed by atoms with Crippen molar-refractivity contribution in [2.45, 2.75) is 52.5 Å². The van der Waals surface area contributed by atoms with Gasteiger partial charge >= 0.3 is 5.97 Å². The summed E-state index contributed by atoms with van der Waals surface area (Å²) in [5.41, 5.74) is 0.951. The lowest BCUT2D eigenvalue weighted by Gasteiger charge is -2.33. The highest BCUT2D eigenvalue weighted by Crippen LogP contribution is 2.25. The standard InChI is InChI=1S/C16H25N3O3/c1-11(2)4-5-15(20)18-8-6-13(7-9-18)19-12(3)14(10-17-19)16(21)22/h10-11,13H,4-9H2,1-3H3,(H,21,22). The van der Waals surface area contributed by atoms with E-state index in [0.29, 0.717) is 18.0 Å². The first-order chi connectivity index (χ1) is 10.4. The van der Waals surface area contributed by atoms with Crippen molar-refractivity contribution in [1.29, 1.82) is 0 Å². The Bertz CT molecular complexity index is 543. The van der Waals surface area contributed by atoms with Gasteiger partial charge in [-0.2, -0.15) is 5.10 Å². The predicted molar refractivity (Wildman–Crippen MR) is 82.8 cm³/mol. The third-order valence-corrected chi connectivity index (χ3v) is 4.37. The van der Waals surface area contributed by atoms with E-state index >= 15 is 0 Å². The second-order valence-electron chi connectivity index (χ2n) is 6.44. The van der Waals surface area contributed by atoms with Crippen LogP contribution in [0.3, 0.4) is 0 Å². The van der Waals surface area contributed by atoms with Crippen LogP contribution in [0.2, 0.25) is 0 Å². The number of nitrogens with zero attached hydrogens (tertiary/aromatic N) is 3. The number of carboxylic acids is 1. The van der Waals surface area contributed by atoms with Crippen molar-refractivity contribution in [2.75, 3.05) is 13.1 Å². The number of aromatic nitrogens is 2. The van der Waals surface area contributed by atoms with Crippen LogP contribution in [0.5, 0.6) is 0 Å². The van der Waals surface area contributed by atoms with Crippen molar-refractivity contribution in [3.05, 3.63) is 17.5 Å². The molecule has 2 heterocycles. The molecule has 0 unspecified atom stereocenters. The normalized spacial score (nSPS) is 16.3. The summed E-state index contributed by atoms with van der Waals surface area (Å²) >= 11 is 0. The van der Waals surface area contributed by atoms with E-state index < -0.39 is 5.97 Å². The molecular formula is C16H25N3O3. The first-order valence-electron chi connectivity index (χ1n) is 7.95. The van der Waals surface area contributed by atoms with Gasteiger partial charge in [0, 0.05) is 19.5 Å². The third-order valence-electron chi connectivity index (χ3n) is 4.37. The van der Waals surface area contributed by atoms with Crippen molar-refractivity contribution in [3.63, 3.8) is 0 Å². The summed E-state index contributed by atoms with van der Waals surface area (Å²) in [4.78, 5) is 25.1. The Morgan fingerprint density at radius 3 is 2.50 bits per heavy atom. The van der Waals surface area contributed by atoms with Crippen molar-refractivity contribution in [1.82, 2.24) is 14.7 Å². The van der Waals surface area contributed by atoms with Crippen LogP contribution in [0, 0.1) is 12.8 Å². The molecule has 0 bridgehead atoms. The zero-order valence-corrected chi connectivity index (χ0v) is 13.6. The Kier molecular flexibility index (Phi) is 5.21. The summed E-state index contributed by atoms with van der Waals surface area (Å²) in [6.07, 6.45) is 4.62. The molecule has 22 heavy (non-hydrogen) atoms. The molecule has 2 rings (SSSR count). The first-order valence-corrected chi connectivity index (χ1v) is 7.95. The summed E-state index contributed by atoms with van der Waals surface area (Å²) in [5.74, 6) is -0.164. The highest BCUT2D eigenvalue weighted by Gasteiger charge is 2.26. The van der Waals surface area contributed by atoms with E-state index in [4.69, 9.17) is 5.11 Å². The maximum Gasteiger partial charge on any atom is 0.339 e. The zero-order chi connectivity index (χ0) is 16.3. The van der Waals surface area contributed by atoms with E-state index in [1.807, 2.05) is 4.90 Å². The van der Waals surface area contributed by atoms with E-state index in [9.17, 15) is 9.59 Å². The van der Waals surface area contributed by atoms with Gasteiger partial charge in [0.25, 0.3) is 0 Å². The molecule has 6 nitrogen and oxygen atoms in total. The number of likely N-dealkylation sites (tertiary alicyclic amines) is 1. The largest absolute Gasteiger partial charge is 0.478 e. The van der Waals surface area contributed by atoms with Crippen molar-refractivity contribution < 1.29 is 14.7 Å². The van der Waals surface area contributed by atoms with E-state index in [2.05, 4.69) is 18.9 Å². The van der Waals surface area contributed by atoms with Gasteiger partial charge in [-0.3, -0.25) is 9.48 Å². The molecule has 122 valence electrons. The van der Waals surface area contributed by atoms with Crippen LogP contribution >= 0.6 is 0 Å². The molecule has 1 aliphatic rings. The Hall–Kier alpha value is -1.85. The highest BCUT2D eigenvalue weighted by atomic mass is 16.4. The zero-order valence-electron chi connectivity index (χ0n) is 13.6. The van der Waals surface area contributed by atoms with Crippen LogP contribution in [0.25, 0.3) is 0 Å². The van der Waals surface area contributed by atoms with Gasteiger partial charge in [0.05, 0.1) is 17.9 Å². The molecule has 1 aliphatic heterocycles. The molecule has 0 radical (unpaired) electrons. The van der Waals surface area contributed by atoms with Gasteiger partial charge < -0.3 is 10.0 Å². The number of amides is 1. The number of carboxylic acid groups (broad SMARTS) is 1. The van der Waals surface area contributed by atoms with Gasteiger partial charge in [0.2, 0.25) is 5.91 Å². The van der Waals surface area contributed by atoms with E-state index in [1.165, 1.54) is 6.20 Å². The molecule has 0 aliphatic carbocycles. The lowest BCUT2D eigenvalue weighted by Crippen LogP contribution is -2.39. The summed E-state index contributed by atoms with van der Waals surface area (Å²) in [6.45, 7) is 7.49. The van der Waals surface area contributed by atoms with Crippen molar-refractivity contribution in [3.8, 4) is 0 Å². The van der Waals surface area contributed by atoms with Crippen LogP contribution in [0.1, 0.15) is 61.6 Å². The van der Waals surface area contributed by atoms with E-state index in [0.717, 1.165) is 32.4 Å². The molecule has 1 fully saturated rings. The quantitative estimate of drug-likeness (QED) is 0.907. The molecule has 1 aromatic heterocycles. The SMILES string of the molecule is Cc1c(C(=O)O)cnn1C1CCN(C(=O)CCC(C)C)CC1. The Labute approximate surface area is 131 Å².